The van der Waals surface area contributed by atoms with E-state index in [9.17, 15) is 14.0 Å². The SMILES string of the molecule is CCOC(=O)CN(C(=O)c1c(F)cccc1Br)C1CC1. The zero-order chi connectivity index (χ0) is 14.7. The Kier molecular flexibility index (Phi) is 4.75. The van der Waals surface area contributed by atoms with Crippen LogP contribution in [0.3, 0.4) is 0 Å². The normalized spacial score (nSPS) is 13.9. The molecule has 1 aliphatic carbocycles. The second-order valence-corrected chi connectivity index (χ2v) is 5.42. The van der Waals surface area contributed by atoms with Gasteiger partial charge >= 0.3 is 5.97 Å². The molecule has 108 valence electrons. The van der Waals surface area contributed by atoms with E-state index in [1.807, 2.05) is 0 Å². The fourth-order valence-corrected chi connectivity index (χ4v) is 2.46. The molecule has 0 bridgehead atoms. The van der Waals surface area contributed by atoms with Crippen LogP contribution in [-0.2, 0) is 9.53 Å². The average Bonchev–Trinajstić information content (AvgIpc) is 3.20. The van der Waals surface area contributed by atoms with Gasteiger partial charge in [-0.15, -0.1) is 0 Å². The Morgan fingerprint density at radius 1 is 1.45 bits per heavy atom. The first-order valence-corrected chi connectivity index (χ1v) is 7.24. The lowest BCUT2D eigenvalue weighted by Crippen LogP contribution is -2.38. The number of benzene rings is 1. The van der Waals surface area contributed by atoms with Crippen LogP contribution >= 0.6 is 15.9 Å². The van der Waals surface area contributed by atoms with E-state index in [-0.39, 0.29) is 24.8 Å². The lowest BCUT2D eigenvalue weighted by atomic mass is 10.2. The number of hydrogen-bond acceptors (Lipinski definition) is 3. The molecule has 4 nitrogen and oxygen atoms in total. The molecule has 0 spiro atoms. The number of carbonyl (C=O) groups is 2. The highest BCUT2D eigenvalue weighted by Crippen LogP contribution is 2.30. The predicted molar refractivity (Wildman–Crippen MR) is 74.8 cm³/mol. The monoisotopic (exact) mass is 343 g/mol. The van der Waals surface area contributed by atoms with Crippen molar-refractivity contribution in [1.29, 1.82) is 0 Å². The number of rotatable bonds is 5. The lowest BCUT2D eigenvalue weighted by molar-refractivity contribution is -0.144. The largest absolute Gasteiger partial charge is 0.465 e. The van der Waals surface area contributed by atoms with Gasteiger partial charge in [-0.05, 0) is 47.8 Å². The molecular formula is C14H15BrFNO3. The van der Waals surface area contributed by atoms with Crippen LogP contribution in [0.15, 0.2) is 22.7 Å². The third-order valence-electron chi connectivity index (χ3n) is 3.03. The molecule has 1 aliphatic rings. The molecule has 0 aliphatic heterocycles. The third kappa shape index (κ3) is 3.36. The van der Waals surface area contributed by atoms with Gasteiger partial charge in [0.05, 0.1) is 12.2 Å². The summed E-state index contributed by atoms with van der Waals surface area (Å²) in [6.45, 7) is 1.82. The van der Waals surface area contributed by atoms with Crippen molar-refractivity contribution >= 4 is 27.8 Å². The van der Waals surface area contributed by atoms with E-state index < -0.39 is 17.7 Å². The van der Waals surface area contributed by atoms with Crippen molar-refractivity contribution in [1.82, 2.24) is 4.90 Å². The van der Waals surface area contributed by atoms with Crippen LogP contribution < -0.4 is 0 Å². The maximum Gasteiger partial charge on any atom is 0.325 e. The fraction of sp³-hybridized carbons (Fsp3) is 0.429. The van der Waals surface area contributed by atoms with Gasteiger partial charge in [0, 0.05) is 10.5 Å². The minimum atomic E-state index is -0.598. The van der Waals surface area contributed by atoms with Crippen LogP contribution in [0.1, 0.15) is 30.1 Å². The highest BCUT2D eigenvalue weighted by molar-refractivity contribution is 9.10. The predicted octanol–water partition coefficient (Wildman–Crippen LogP) is 2.76. The minimum absolute atomic E-state index is 0.00147. The summed E-state index contributed by atoms with van der Waals surface area (Å²) in [6, 6.07) is 4.35. The Balaban J connectivity index is 2.21. The Morgan fingerprint density at radius 3 is 2.70 bits per heavy atom. The summed E-state index contributed by atoms with van der Waals surface area (Å²) in [6.07, 6.45) is 1.66. The van der Waals surface area contributed by atoms with Crippen LogP contribution in [0.2, 0.25) is 0 Å². The van der Waals surface area contributed by atoms with E-state index >= 15 is 0 Å². The van der Waals surface area contributed by atoms with Crippen LogP contribution in [0.5, 0.6) is 0 Å². The Morgan fingerprint density at radius 2 is 2.15 bits per heavy atom. The van der Waals surface area contributed by atoms with Gasteiger partial charge in [-0.2, -0.15) is 0 Å². The molecule has 1 aromatic rings. The van der Waals surface area contributed by atoms with Crippen molar-refractivity contribution in [3.63, 3.8) is 0 Å². The minimum Gasteiger partial charge on any atom is -0.465 e. The third-order valence-corrected chi connectivity index (χ3v) is 3.69. The van der Waals surface area contributed by atoms with Gasteiger partial charge in [0.2, 0.25) is 0 Å². The van der Waals surface area contributed by atoms with Crippen LogP contribution in [0, 0.1) is 5.82 Å². The van der Waals surface area contributed by atoms with Crippen LogP contribution in [0.25, 0.3) is 0 Å². The Bertz CT molecular complexity index is 511. The molecule has 0 atom stereocenters. The molecule has 0 unspecified atom stereocenters. The molecule has 0 N–H and O–H groups in total. The highest BCUT2D eigenvalue weighted by Gasteiger charge is 2.36. The molecule has 20 heavy (non-hydrogen) atoms. The fourth-order valence-electron chi connectivity index (χ4n) is 1.94. The number of ether oxygens (including phenoxy) is 1. The number of carbonyl (C=O) groups excluding carboxylic acids is 2. The first kappa shape index (κ1) is 15.0. The van der Waals surface area contributed by atoms with E-state index in [4.69, 9.17) is 4.74 Å². The summed E-state index contributed by atoms with van der Waals surface area (Å²) < 4.78 is 19.1. The van der Waals surface area contributed by atoms with Gasteiger partial charge in [0.1, 0.15) is 12.4 Å². The Hall–Kier alpha value is -1.43. The molecule has 0 radical (unpaired) electrons. The van der Waals surface area contributed by atoms with Crippen molar-refractivity contribution < 1.29 is 18.7 Å². The van der Waals surface area contributed by atoms with Crippen molar-refractivity contribution in [2.75, 3.05) is 13.2 Å². The molecule has 1 saturated carbocycles. The smallest absolute Gasteiger partial charge is 0.325 e. The molecule has 0 saturated heterocycles. The summed E-state index contributed by atoms with van der Waals surface area (Å²) in [5, 5.41) is 0. The molecule has 1 fully saturated rings. The summed E-state index contributed by atoms with van der Waals surface area (Å²) in [7, 11) is 0. The molecule has 0 heterocycles. The first-order chi connectivity index (χ1) is 9.54. The maximum atomic E-state index is 13.8. The van der Waals surface area contributed by atoms with Crippen molar-refractivity contribution in [3.8, 4) is 0 Å². The molecule has 6 heteroatoms. The summed E-state index contributed by atoms with van der Waals surface area (Å²) in [4.78, 5) is 25.4. The number of halogens is 2. The summed E-state index contributed by atoms with van der Waals surface area (Å²) >= 11 is 3.18. The van der Waals surface area contributed by atoms with E-state index in [0.717, 1.165) is 12.8 Å². The standard InChI is InChI=1S/C14H15BrFNO3/c1-2-20-12(18)8-17(9-6-7-9)14(19)13-10(15)4-3-5-11(13)16/h3-5,9H,2,6-8H2,1H3. The molecule has 1 aromatic carbocycles. The van der Waals surface area contributed by atoms with Crippen LogP contribution in [-0.4, -0.2) is 36.0 Å². The molecule has 0 aromatic heterocycles. The second kappa shape index (κ2) is 6.35. The van der Waals surface area contributed by atoms with Gasteiger partial charge in [0.15, 0.2) is 0 Å². The van der Waals surface area contributed by atoms with Crippen molar-refractivity contribution in [2.24, 2.45) is 0 Å². The lowest BCUT2D eigenvalue weighted by Gasteiger charge is -2.22. The van der Waals surface area contributed by atoms with E-state index in [1.54, 1.807) is 13.0 Å². The summed E-state index contributed by atoms with van der Waals surface area (Å²) in [5.41, 5.74) is -0.0382. The Labute approximate surface area is 125 Å². The number of amides is 1. The number of hydrogen-bond donors (Lipinski definition) is 0. The second-order valence-electron chi connectivity index (χ2n) is 4.57. The van der Waals surface area contributed by atoms with Gasteiger partial charge in [-0.1, -0.05) is 6.07 Å². The van der Waals surface area contributed by atoms with Gasteiger partial charge in [-0.3, -0.25) is 9.59 Å². The zero-order valence-corrected chi connectivity index (χ0v) is 12.7. The number of esters is 1. The van der Waals surface area contributed by atoms with Crippen molar-refractivity contribution in [3.05, 3.63) is 34.1 Å². The maximum absolute atomic E-state index is 13.8. The molecule has 2 rings (SSSR count). The zero-order valence-electron chi connectivity index (χ0n) is 11.1. The summed E-state index contributed by atoms with van der Waals surface area (Å²) in [5.74, 6) is -1.55. The first-order valence-electron chi connectivity index (χ1n) is 6.45. The topological polar surface area (TPSA) is 46.6 Å². The van der Waals surface area contributed by atoms with E-state index in [2.05, 4.69) is 15.9 Å². The molecule has 1 amide bonds. The van der Waals surface area contributed by atoms with E-state index in [1.165, 1.54) is 17.0 Å². The molecular weight excluding hydrogens is 329 g/mol. The average molecular weight is 344 g/mol. The van der Waals surface area contributed by atoms with E-state index in [0.29, 0.717) is 4.47 Å². The van der Waals surface area contributed by atoms with Gasteiger partial charge in [0.25, 0.3) is 5.91 Å². The van der Waals surface area contributed by atoms with Gasteiger partial charge < -0.3 is 9.64 Å². The van der Waals surface area contributed by atoms with Crippen LogP contribution in [0.4, 0.5) is 4.39 Å². The number of nitrogens with zero attached hydrogens (tertiary/aromatic N) is 1. The van der Waals surface area contributed by atoms with Crippen molar-refractivity contribution in [2.45, 2.75) is 25.8 Å². The highest BCUT2D eigenvalue weighted by atomic mass is 79.9. The van der Waals surface area contributed by atoms with Gasteiger partial charge in [-0.25, -0.2) is 4.39 Å². The quantitative estimate of drug-likeness (QED) is 0.772.